The third-order valence-corrected chi connectivity index (χ3v) is 4.70. The molecule has 5 nitrogen and oxygen atoms in total. The summed E-state index contributed by atoms with van der Waals surface area (Å²) in [5.74, 6) is -0.245. The average molecular weight is 439 g/mol. The molecule has 0 aliphatic rings. The number of amides is 2. The molecule has 1 unspecified atom stereocenters. The first kappa shape index (κ1) is 19.6. The van der Waals surface area contributed by atoms with Crippen molar-refractivity contribution in [3.63, 3.8) is 0 Å². The monoisotopic (exact) mass is 438 g/mol. The Morgan fingerprint density at radius 3 is 2.25 bits per heavy atom. The van der Waals surface area contributed by atoms with E-state index in [4.69, 9.17) is 0 Å². The smallest absolute Gasteiger partial charge is 0.411 e. The number of halogens is 1. The van der Waals surface area contributed by atoms with Crippen molar-refractivity contribution < 1.29 is 14.3 Å². The molecule has 0 aliphatic heterocycles. The molecule has 6 heteroatoms. The first-order chi connectivity index (χ1) is 13.6. The highest BCUT2D eigenvalue weighted by molar-refractivity contribution is 9.10. The van der Waals surface area contributed by atoms with Gasteiger partial charge in [-0.3, -0.25) is 10.1 Å². The predicted molar refractivity (Wildman–Crippen MR) is 112 cm³/mol. The van der Waals surface area contributed by atoms with Crippen molar-refractivity contribution in [1.82, 2.24) is 5.32 Å². The number of rotatable bonds is 5. The molecule has 0 spiro atoms. The van der Waals surface area contributed by atoms with Crippen LogP contribution >= 0.6 is 15.9 Å². The zero-order valence-electron chi connectivity index (χ0n) is 15.2. The zero-order chi connectivity index (χ0) is 19.9. The first-order valence-corrected chi connectivity index (χ1v) is 9.42. The molecule has 3 aromatic rings. The van der Waals surface area contributed by atoms with Gasteiger partial charge in [-0.25, -0.2) is 4.79 Å². The van der Waals surface area contributed by atoms with Gasteiger partial charge >= 0.3 is 6.09 Å². The number of nitrogens with one attached hydrogen (secondary N) is 2. The second kappa shape index (κ2) is 9.19. The molecule has 1 atom stereocenters. The summed E-state index contributed by atoms with van der Waals surface area (Å²) in [5, 5.41) is 5.65. The Hall–Kier alpha value is -3.12. The van der Waals surface area contributed by atoms with E-state index < -0.39 is 6.09 Å². The van der Waals surface area contributed by atoms with Crippen molar-refractivity contribution >= 4 is 33.6 Å². The lowest BCUT2D eigenvalue weighted by Gasteiger charge is -2.20. The van der Waals surface area contributed by atoms with E-state index in [1.807, 2.05) is 54.6 Å². The number of carbonyl (C=O) groups excluding carboxylic acids is 2. The van der Waals surface area contributed by atoms with Crippen LogP contribution in [-0.2, 0) is 4.74 Å². The van der Waals surface area contributed by atoms with Crippen molar-refractivity contribution in [3.8, 4) is 0 Å². The first-order valence-electron chi connectivity index (χ1n) is 8.63. The summed E-state index contributed by atoms with van der Waals surface area (Å²) < 4.78 is 5.56. The molecular weight excluding hydrogens is 420 g/mol. The lowest BCUT2D eigenvalue weighted by atomic mass is 9.98. The largest absolute Gasteiger partial charge is 0.453 e. The van der Waals surface area contributed by atoms with E-state index in [2.05, 4.69) is 31.3 Å². The molecule has 3 aromatic carbocycles. The summed E-state index contributed by atoms with van der Waals surface area (Å²) in [6.07, 6.45) is -0.588. The molecular formula is C22H19BrN2O3. The van der Waals surface area contributed by atoms with E-state index >= 15 is 0 Å². The van der Waals surface area contributed by atoms with E-state index in [0.29, 0.717) is 11.3 Å². The molecule has 0 heterocycles. The molecule has 0 aliphatic carbocycles. The summed E-state index contributed by atoms with van der Waals surface area (Å²) >= 11 is 3.44. The van der Waals surface area contributed by atoms with Crippen LogP contribution in [0.25, 0.3) is 0 Å². The summed E-state index contributed by atoms with van der Waals surface area (Å²) in [6.45, 7) is 0. The average Bonchev–Trinajstić information content (AvgIpc) is 2.73. The maximum atomic E-state index is 12.9. The topological polar surface area (TPSA) is 67.4 Å². The van der Waals surface area contributed by atoms with Crippen molar-refractivity contribution in [1.29, 1.82) is 0 Å². The van der Waals surface area contributed by atoms with Gasteiger partial charge in [-0.15, -0.1) is 0 Å². The molecule has 142 valence electrons. The molecule has 0 bridgehead atoms. The third kappa shape index (κ3) is 4.98. The number of benzene rings is 3. The minimum atomic E-state index is -0.588. The fourth-order valence-electron chi connectivity index (χ4n) is 2.78. The van der Waals surface area contributed by atoms with Crippen LogP contribution in [0.4, 0.5) is 10.5 Å². The highest BCUT2D eigenvalue weighted by atomic mass is 79.9. The maximum absolute atomic E-state index is 12.9. The van der Waals surface area contributed by atoms with Crippen LogP contribution in [0.15, 0.2) is 83.3 Å². The van der Waals surface area contributed by atoms with Crippen LogP contribution in [0, 0.1) is 0 Å². The van der Waals surface area contributed by atoms with E-state index in [1.165, 1.54) is 7.11 Å². The van der Waals surface area contributed by atoms with Crippen LogP contribution in [0.3, 0.4) is 0 Å². The highest BCUT2D eigenvalue weighted by Crippen LogP contribution is 2.24. The number of anilines is 1. The Balaban J connectivity index is 1.86. The van der Waals surface area contributed by atoms with Crippen LogP contribution < -0.4 is 10.6 Å². The molecule has 28 heavy (non-hydrogen) atoms. The van der Waals surface area contributed by atoms with E-state index in [0.717, 1.165) is 15.6 Å². The summed E-state index contributed by atoms with van der Waals surface area (Å²) in [4.78, 5) is 24.3. The highest BCUT2D eigenvalue weighted by Gasteiger charge is 2.18. The van der Waals surface area contributed by atoms with Gasteiger partial charge < -0.3 is 10.1 Å². The van der Waals surface area contributed by atoms with Crippen LogP contribution in [0.1, 0.15) is 27.5 Å². The molecule has 2 amide bonds. The Morgan fingerprint density at radius 2 is 1.57 bits per heavy atom. The Labute approximate surface area is 171 Å². The maximum Gasteiger partial charge on any atom is 0.411 e. The summed E-state index contributed by atoms with van der Waals surface area (Å²) in [5.41, 5.74) is 2.86. The van der Waals surface area contributed by atoms with Crippen molar-refractivity contribution in [2.75, 3.05) is 12.4 Å². The number of ether oxygens (including phenoxy) is 1. The van der Waals surface area contributed by atoms with Crippen LogP contribution in [0.5, 0.6) is 0 Å². The zero-order valence-corrected chi connectivity index (χ0v) is 16.8. The standard InChI is InChI=1S/C22H19BrN2O3/c1-28-22(27)24-19-9-5-8-17(14-19)21(26)25-20(15-6-3-2-4-7-15)16-10-12-18(23)13-11-16/h2-14,20H,1H3,(H,24,27)(H,25,26). The molecule has 2 N–H and O–H groups in total. The molecule has 0 saturated heterocycles. The quantitative estimate of drug-likeness (QED) is 0.578. The van der Waals surface area contributed by atoms with Gasteiger partial charge in [0.05, 0.1) is 13.2 Å². The van der Waals surface area contributed by atoms with E-state index in [9.17, 15) is 9.59 Å². The second-order valence-electron chi connectivity index (χ2n) is 6.07. The van der Waals surface area contributed by atoms with Crippen LogP contribution in [0.2, 0.25) is 0 Å². The van der Waals surface area contributed by atoms with Gasteiger partial charge in [0.1, 0.15) is 0 Å². The van der Waals surface area contributed by atoms with Crippen molar-refractivity contribution in [3.05, 3.63) is 100 Å². The normalized spacial score (nSPS) is 11.4. The van der Waals surface area contributed by atoms with Gasteiger partial charge in [-0.05, 0) is 41.5 Å². The van der Waals surface area contributed by atoms with Gasteiger partial charge in [0.25, 0.3) is 5.91 Å². The molecule has 0 aromatic heterocycles. The fraction of sp³-hybridized carbons (Fsp3) is 0.0909. The number of carbonyl (C=O) groups is 2. The van der Waals surface area contributed by atoms with Gasteiger partial charge in [0.15, 0.2) is 0 Å². The third-order valence-electron chi connectivity index (χ3n) is 4.17. The van der Waals surface area contributed by atoms with Gasteiger partial charge in [-0.2, -0.15) is 0 Å². The fourth-order valence-corrected chi connectivity index (χ4v) is 3.05. The molecule has 3 rings (SSSR count). The van der Waals surface area contributed by atoms with Crippen molar-refractivity contribution in [2.24, 2.45) is 0 Å². The van der Waals surface area contributed by atoms with Crippen LogP contribution in [-0.4, -0.2) is 19.1 Å². The summed E-state index contributed by atoms with van der Waals surface area (Å²) in [6, 6.07) is 24.0. The predicted octanol–water partition coefficient (Wildman–Crippen LogP) is 5.15. The Morgan fingerprint density at radius 1 is 0.893 bits per heavy atom. The molecule has 0 radical (unpaired) electrons. The van der Waals surface area contributed by atoms with E-state index in [1.54, 1.807) is 24.3 Å². The Bertz CT molecular complexity index is 959. The SMILES string of the molecule is COC(=O)Nc1cccc(C(=O)NC(c2ccccc2)c2ccc(Br)cc2)c1. The lowest BCUT2D eigenvalue weighted by molar-refractivity contribution is 0.0943. The Kier molecular flexibility index (Phi) is 6.45. The van der Waals surface area contributed by atoms with Crippen molar-refractivity contribution in [2.45, 2.75) is 6.04 Å². The number of hydrogen-bond acceptors (Lipinski definition) is 3. The second-order valence-corrected chi connectivity index (χ2v) is 6.98. The number of hydrogen-bond donors (Lipinski definition) is 2. The van der Waals surface area contributed by atoms with Gasteiger partial charge in [0, 0.05) is 15.7 Å². The number of methoxy groups -OCH3 is 1. The van der Waals surface area contributed by atoms with Gasteiger partial charge in [0.2, 0.25) is 0 Å². The van der Waals surface area contributed by atoms with E-state index in [-0.39, 0.29) is 11.9 Å². The lowest BCUT2D eigenvalue weighted by Crippen LogP contribution is -2.29. The molecule has 0 fully saturated rings. The van der Waals surface area contributed by atoms with Gasteiger partial charge in [-0.1, -0.05) is 64.5 Å². The minimum absolute atomic E-state index is 0.245. The molecule has 0 saturated carbocycles. The summed E-state index contributed by atoms with van der Waals surface area (Å²) in [7, 11) is 1.29. The minimum Gasteiger partial charge on any atom is -0.453 e.